The summed E-state index contributed by atoms with van der Waals surface area (Å²) in [6, 6.07) is 15.5. The zero-order valence-electron chi connectivity index (χ0n) is 15.5. The van der Waals surface area contributed by atoms with Crippen molar-refractivity contribution in [3.05, 3.63) is 76.8 Å². The number of hydrogen-bond acceptors (Lipinski definition) is 3. The van der Waals surface area contributed by atoms with E-state index in [0.29, 0.717) is 28.4 Å². The molecule has 4 nitrogen and oxygen atoms in total. The minimum Gasteiger partial charge on any atom is -0.446 e. The van der Waals surface area contributed by atoms with Crippen molar-refractivity contribution in [3.8, 4) is 22.5 Å². The Hall–Kier alpha value is -3.06. The Morgan fingerprint density at radius 3 is 2.47 bits per heavy atom. The third-order valence-electron chi connectivity index (χ3n) is 4.93. The molecule has 2 unspecified atom stereocenters. The maximum atomic E-state index is 13.1. The molecule has 1 aliphatic rings. The van der Waals surface area contributed by atoms with Gasteiger partial charge in [-0.25, -0.2) is 9.78 Å². The fraction of sp³-hybridized carbons (Fsp3) is 0.182. The smallest absolute Gasteiger partial charge is 0.416 e. The fourth-order valence-corrected chi connectivity index (χ4v) is 3.53. The van der Waals surface area contributed by atoms with Gasteiger partial charge in [-0.3, -0.25) is 0 Å². The van der Waals surface area contributed by atoms with Crippen molar-refractivity contribution in [2.24, 2.45) is 5.73 Å². The Labute approximate surface area is 175 Å². The molecule has 2 aromatic carbocycles. The topological polar surface area (TPSA) is 65.2 Å². The number of hydrogen-bond donors (Lipinski definition) is 1. The standard InChI is InChI=1S/C22H16ClF3N2O2/c23-15-6-4-12(5-7-15)20-16(17-11-19(17)30-21(27)29)8-9-18(28-20)13-2-1-3-14(10-13)22(24,25)26/h1-10,17,19H,11H2,(H2,27,29). The Balaban J connectivity index is 1.77. The second kappa shape index (κ2) is 7.65. The highest BCUT2D eigenvalue weighted by molar-refractivity contribution is 6.30. The van der Waals surface area contributed by atoms with Gasteiger partial charge in [-0.1, -0.05) is 41.9 Å². The molecular weight excluding hydrogens is 417 g/mol. The summed E-state index contributed by atoms with van der Waals surface area (Å²) in [7, 11) is 0. The van der Waals surface area contributed by atoms with Gasteiger partial charge in [0.2, 0.25) is 0 Å². The molecule has 1 fully saturated rings. The number of rotatable bonds is 4. The van der Waals surface area contributed by atoms with Gasteiger partial charge < -0.3 is 10.5 Å². The second-order valence-electron chi connectivity index (χ2n) is 7.04. The first-order valence-electron chi connectivity index (χ1n) is 9.13. The molecule has 0 bridgehead atoms. The predicted octanol–water partition coefficient (Wildman–Crippen LogP) is 6.04. The monoisotopic (exact) mass is 432 g/mol. The summed E-state index contributed by atoms with van der Waals surface area (Å²) >= 11 is 5.98. The maximum Gasteiger partial charge on any atom is 0.416 e. The molecule has 1 saturated carbocycles. The van der Waals surface area contributed by atoms with Crippen LogP contribution in [0.5, 0.6) is 0 Å². The molecule has 3 aromatic rings. The Kier molecular flexibility index (Phi) is 5.15. The molecule has 2 N–H and O–H groups in total. The number of ether oxygens (including phenoxy) is 1. The average molecular weight is 433 g/mol. The number of amides is 1. The number of benzene rings is 2. The van der Waals surface area contributed by atoms with Crippen molar-refractivity contribution >= 4 is 17.7 Å². The van der Waals surface area contributed by atoms with Crippen LogP contribution in [0, 0.1) is 0 Å². The van der Waals surface area contributed by atoms with E-state index in [9.17, 15) is 18.0 Å². The summed E-state index contributed by atoms with van der Waals surface area (Å²) < 4.78 is 44.4. The van der Waals surface area contributed by atoms with Crippen LogP contribution in [0.25, 0.3) is 22.5 Å². The lowest BCUT2D eigenvalue weighted by atomic mass is 9.99. The van der Waals surface area contributed by atoms with Crippen molar-refractivity contribution in [3.63, 3.8) is 0 Å². The fourth-order valence-electron chi connectivity index (χ4n) is 3.40. The van der Waals surface area contributed by atoms with Crippen LogP contribution in [-0.2, 0) is 10.9 Å². The number of nitrogens with two attached hydrogens (primary N) is 1. The zero-order valence-corrected chi connectivity index (χ0v) is 16.2. The highest BCUT2D eigenvalue weighted by Gasteiger charge is 2.43. The van der Waals surface area contributed by atoms with Crippen LogP contribution < -0.4 is 5.73 Å². The highest BCUT2D eigenvalue weighted by Crippen LogP contribution is 2.47. The summed E-state index contributed by atoms with van der Waals surface area (Å²) in [5.74, 6) is -0.0776. The van der Waals surface area contributed by atoms with Crippen LogP contribution in [0.1, 0.15) is 23.5 Å². The summed E-state index contributed by atoms with van der Waals surface area (Å²) in [5.41, 5.74) is 7.31. The molecule has 1 aliphatic carbocycles. The molecule has 1 heterocycles. The summed E-state index contributed by atoms with van der Waals surface area (Å²) in [6.45, 7) is 0. The predicted molar refractivity (Wildman–Crippen MR) is 107 cm³/mol. The Morgan fingerprint density at radius 2 is 1.80 bits per heavy atom. The lowest BCUT2D eigenvalue weighted by Crippen LogP contribution is -2.15. The van der Waals surface area contributed by atoms with Gasteiger partial charge in [0.05, 0.1) is 17.0 Å². The van der Waals surface area contributed by atoms with Crippen LogP contribution in [0.4, 0.5) is 18.0 Å². The van der Waals surface area contributed by atoms with Gasteiger partial charge in [-0.05, 0) is 42.3 Å². The SMILES string of the molecule is NC(=O)OC1CC1c1ccc(-c2cccc(C(F)(F)F)c2)nc1-c1ccc(Cl)cc1. The van der Waals surface area contributed by atoms with E-state index >= 15 is 0 Å². The normalized spacial score (nSPS) is 18.1. The molecular formula is C22H16ClF3N2O2. The van der Waals surface area contributed by atoms with Crippen LogP contribution in [0.2, 0.25) is 5.02 Å². The first-order chi connectivity index (χ1) is 14.2. The van der Waals surface area contributed by atoms with Gasteiger partial charge in [0.1, 0.15) is 6.10 Å². The molecule has 1 amide bonds. The van der Waals surface area contributed by atoms with E-state index in [0.717, 1.165) is 23.3 Å². The van der Waals surface area contributed by atoms with Crippen molar-refractivity contribution < 1.29 is 22.7 Å². The summed E-state index contributed by atoms with van der Waals surface area (Å²) in [4.78, 5) is 15.7. The molecule has 154 valence electrons. The van der Waals surface area contributed by atoms with Crippen LogP contribution in [0.3, 0.4) is 0 Å². The van der Waals surface area contributed by atoms with Gasteiger partial charge >= 0.3 is 12.3 Å². The number of carbonyl (C=O) groups is 1. The van der Waals surface area contributed by atoms with Crippen molar-refractivity contribution in [2.75, 3.05) is 0 Å². The van der Waals surface area contributed by atoms with Gasteiger partial charge in [0.15, 0.2) is 0 Å². The average Bonchev–Trinajstić information content (AvgIpc) is 3.45. The maximum absolute atomic E-state index is 13.1. The van der Waals surface area contributed by atoms with Crippen LogP contribution in [-0.4, -0.2) is 17.2 Å². The van der Waals surface area contributed by atoms with E-state index in [2.05, 4.69) is 4.98 Å². The van der Waals surface area contributed by atoms with Gasteiger partial charge in [-0.2, -0.15) is 13.2 Å². The first kappa shape index (κ1) is 20.2. The lowest BCUT2D eigenvalue weighted by Gasteiger charge is -2.13. The van der Waals surface area contributed by atoms with E-state index in [1.165, 1.54) is 6.07 Å². The number of alkyl halides is 3. The zero-order chi connectivity index (χ0) is 21.5. The number of pyridine rings is 1. The molecule has 8 heteroatoms. The first-order valence-corrected chi connectivity index (χ1v) is 9.51. The third-order valence-corrected chi connectivity index (χ3v) is 5.18. The van der Waals surface area contributed by atoms with E-state index in [1.807, 2.05) is 6.07 Å². The van der Waals surface area contributed by atoms with Gasteiger partial charge in [0.25, 0.3) is 0 Å². The van der Waals surface area contributed by atoms with Gasteiger partial charge in [0, 0.05) is 22.1 Å². The third kappa shape index (κ3) is 4.26. The number of aromatic nitrogens is 1. The summed E-state index contributed by atoms with van der Waals surface area (Å²) in [6.07, 6.45) is -5.02. The lowest BCUT2D eigenvalue weighted by molar-refractivity contribution is -0.137. The molecule has 0 spiro atoms. The van der Waals surface area contributed by atoms with Crippen LogP contribution >= 0.6 is 11.6 Å². The number of carbonyl (C=O) groups excluding carboxylic acids is 1. The van der Waals surface area contributed by atoms with E-state index in [1.54, 1.807) is 36.4 Å². The molecule has 1 aromatic heterocycles. The largest absolute Gasteiger partial charge is 0.446 e. The molecule has 0 aliphatic heterocycles. The van der Waals surface area contributed by atoms with E-state index in [4.69, 9.17) is 22.1 Å². The number of halogens is 4. The van der Waals surface area contributed by atoms with E-state index < -0.39 is 17.8 Å². The highest BCUT2D eigenvalue weighted by atomic mass is 35.5. The quantitative estimate of drug-likeness (QED) is 0.546. The summed E-state index contributed by atoms with van der Waals surface area (Å²) in [5, 5.41) is 0.552. The number of primary amides is 1. The molecule has 4 rings (SSSR count). The van der Waals surface area contributed by atoms with Gasteiger partial charge in [-0.15, -0.1) is 0 Å². The Morgan fingerprint density at radius 1 is 1.07 bits per heavy atom. The molecule has 0 saturated heterocycles. The second-order valence-corrected chi connectivity index (χ2v) is 7.47. The minimum absolute atomic E-state index is 0.0776. The minimum atomic E-state index is -4.44. The van der Waals surface area contributed by atoms with E-state index in [-0.39, 0.29) is 12.0 Å². The van der Waals surface area contributed by atoms with Crippen molar-refractivity contribution in [2.45, 2.75) is 24.6 Å². The molecule has 0 radical (unpaired) electrons. The Bertz CT molecular complexity index is 1100. The molecule has 30 heavy (non-hydrogen) atoms. The van der Waals surface area contributed by atoms with Crippen molar-refractivity contribution in [1.29, 1.82) is 0 Å². The van der Waals surface area contributed by atoms with Crippen molar-refractivity contribution in [1.82, 2.24) is 4.98 Å². The van der Waals surface area contributed by atoms with Crippen LogP contribution in [0.15, 0.2) is 60.7 Å². The number of nitrogens with zero attached hydrogens (tertiary/aromatic N) is 1. The molecule has 2 atom stereocenters.